The van der Waals surface area contributed by atoms with Crippen LogP contribution in [0, 0.1) is 0 Å². The van der Waals surface area contributed by atoms with Crippen molar-refractivity contribution in [2.75, 3.05) is 7.11 Å². The van der Waals surface area contributed by atoms with Crippen LogP contribution in [0.3, 0.4) is 0 Å². The van der Waals surface area contributed by atoms with Crippen LogP contribution >= 0.6 is 0 Å². The van der Waals surface area contributed by atoms with Crippen LogP contribution in [0.15, 0.2) is 5.16 Å². The van der Waals surface area contributed by atoms with E-state index in [0.29, 0.717) is 0 Å². The van der Waals surface area contributed by atoms with Gasteiger partial charge >= 0.3 is 0 Å². The first-order chi connectivity index (χ1) is 3.27. The van der Waals surface area contributed by atoms with Gasteiger partial charge in [0.05, 0.1) is 0 Å². The zero-order chi connectivity index (χ0) is 5.70. The third-order valence-corrected chi connectivity index (χ3v) is 0.285. The SMILES string of the molecule is CON=CC(N)=O.[Na]. The van der Waals surface area contributed by atoms with Crippen LogP contribution in [0.25, 0.3) is 0 Å². The summed E-state index contributed by atoms with van der Waals surface area (Å²) in [7, 11) is 1.33. The molecule has 41 valence electrons. The molecule has 4 nitrogen and oxygen atoms in total. The number of hydrogen-bond acceptors (Lipinski definition) is 3. The van der Waals surface area contributed by atoms with E-state index in [4.69, 9.17) is 0 Å². The first-order valence-corrected chi connectivity index (χ1v) is 1.63. The van der Waals surface area contributed by atoms with Gasteiger partial charge in [0.2, 0.25) is 0 Å². The Bertz CT molecular complexity index is 93.3. The van der Waals surface area contributed by atoms with Crippen LogP contribution in [-0.2, 0) is 9.63 Å². The molecular weight excluding hydrogens is 119 g/mol. The first kappa shape index (κ1) is 10.8. The Morgan fingerprint density at radius 2 is 2.38 bits per heavy atom. The summed E-state index contributed by atoms with van der Waals surface area (Å²) in [4.78, 5) is 13.9. The molecule has 1 radical (unpaired) electrons. The van der Waals surface area contributed by atoms with Gasteiger partial charge in [-0.25, -0.2) is 0 Å². The predicted octanol–water partition coefficient (Wildman–Crippen LogP) is -1.28. The van der Waals surface area contributed by atoms with E-state index in [2.05, 4.69) is 15.7 Å². The van der Waals surface area contributed by atoms with Crippen LogP contribution < -0.4 is 5.73 Å². The maximum Gasteiger partial charge on any atom is 0.263 e. The van der Waals surface area contributed by atoms with Crippen molar-refractivity contribution < 1.29 is 9.63 Å². The molecule has 0 aliphatic rings. The number of carbonyl (C=O) groups excluding carboxylic acids is 1. The molecule has 8 heavy (non-hydrogen) atoms. The largest absolute Gasteiger partial charge is 0.399 e. The first-order valence-electron chi connectivity index (χ1n) is 1.63. The molecule has 1 amide bonds. The van der Waals surface area contributed by atoms with Gasteiger partial charge in [-0.15, -0.1) is 0 Å². The fourth-order valence-corrected chi connectivity index (χ4v) is 0.105. The van der Waals surface area contributed by atoms with Crippen LogP contribution in [0.2, 0.25) is 0 Å². The standard InChI is InChI=1S/C3H6N2O2.Na/c1-7-5-2-3(4)6;/h2H,1H3,(H2,4,6);. The van der Waals surface area contributed by atoms with E-state index < -0.39 is 5.91 Å². The van der Waals surface area contributed by atoms with Gasteiger partial charge in [0.1, 0.15) is 13.3 Å². The molecule has 2 N–H and O–H groups in total. The van der Waals surface area contributed by atoms with Crippen LogP contribution in [-0.4, -0.2) is 48.8 Å². The summed E-state index contributed by atoms with van der Waals surface area (Å²) in [6.07, 6.45) is 0.889. The Morgan fingerprint density at radius 1 is 1.88 bits per heavy atom. The van der Waals surface area contributed by atoms with Crippen molar-refractivity contribution in [2.45, 2.75) is 0 Å². The Morgan fingerprint density at radius 3 is 2.50 bits per heavy atom. The van der Waals surface area contributed by atoms with Gasteiger partial charge in [-0.3, -0.25) is 4.79 Å². The van der Waals surface area contributed by atoms with E-state index in [1.807, 2.05) is 0 Å². The summed E-state index contributed by atoms with van der Waals surface area (Å²) in [5, 5.41) is 3.07. The maximum absolute atomic E-state index is 9.75. The molecule has 0 aliphatic heterocycles. The molecule has 0 fully saturated rings. The fraction of sp³-hybridized carbons (Fsp3) is 0.333. The quantitative estimate of drug-likeness (QED) is 0.284. The van der Waals surface area contributed by atoms with Crippen LogP contribution in [0.4, 0.5) is 0 Å². The van der Waals surface area contributed by atoms with Gasteiger partial charge in [-0.1, -0.05) is 5.16 Å². The minimum Gasteiger partial charge on any atom is -0.399 e. The fourth-order valence-electron chi connectivity index (χ4n) is 0.105. The van der Waals surface area contributed by atoms with E-state index in [1.54, 1.807) is 0 Å². The van der Waals surface area contributed by atoms with Crippen molar-refractivity contribution in [2.24, 2.45) is 10.9 Å². The van der Waals surface area contributed by atoms with E-state index in [0.717, 1.165) is 6.21 Å². The molecule has 0 bridgehead atoms. The molecule has 0 saturated carbocycles. The maximum atomic E-state index is 9.75. The van der Waals surface area contributed by atoms with E-state index in [9.17, 15) is 4.79 Å². The third-order valence-electron chi connectivity index (χ3n) is 0.285. The summed E-state index contributed by atoms with van der Waals surface area (Å²) in [5.74, 6) is -0.609. The third kappa shape index (κ3) is 9.34. The number of nitrogens with zero attached hydrogens (tertiary/aromatic N) is 1. The van der Waals surface area contributed by atoms with Gasteiger partial charge in [-0.2, -0.15) is 0 Å². The molecule has 0 aromatic carbocycles. The number of nitrogens with two attached hydrogens (primary N) is 1. The Balaban J connectivity index is 0. The number of hydrogen-bond donors (Lipinski definition) is 1. The van der Waals surface area contributed by atoms with E-state index in [-0.39, 0.29) is 29.6 Å². The van der Waals surface area contributed by atoms with Gasteiger partial charge in [0.15, 0.2) is 0 Å². The van der Waals surface area contributed by atoms with Crippen molar-refractivity contribution >= 4 is 41.7 Å². The zero-order valence-electron chi connectivity index (χ0n) is 4.92. The molecule has 0 aromatic heterocycles. The van der Waals surface area contributed by atoms with Crippen molar-refractivity contribution in [1.29, 1.82) is 0 Å². The smallest absolute Gasteiger partial charge is 0.263 e. The number of primary amides is 1. The normalized spacial score (nSPS) is 8.12. The number of amides is 1. The van der Waals surface area contributed by atoms with Gasteiger partial charge in [0.25, 0.3) is 5.91 Å². The Labute approximate surface area is 69.3 Å². The summed E-state index contributed by atoms with van der Waals surface area (Å²) in [6, 6.07) is 0. The van der Waals surface area contributed by atoms with Crippen LogP contribution in [0.5, 0.6) is 0 Å². The second kappa shape index (κ2) is 6.94. The van der Waals surface area contributed by atoms with Gasteiger partial charge in [-0.05, 0) is 0 Å². The summed E-state index contributed by atoms with van der Waals surface area (Å²) in [6.45, 7) is 0. The summed E-state index contributed by atoms with van der Waals surface area (Å²) in [5.41, 5.74) is 4.61. The van der Waals surface area contributed by atoms with Gasteiger partial charge < -0.3 is 10.6 Å². The average molecular weight is 125 g/mol. The molecular formula is C3H6N2NaO2. The van der Waals surface area contributed by atoms with E-state index >= 15 is 0 Å². The number of oxime groups is 1. The second-order valence-electron chi connectivity index (χ2n) is 0.819. The molecule has 0 atom stereocenters. The van der Waals surface area contributed by atoms with Crippen LogP contribution in [0.1, 0.15) is 0 Å². The van der Waals surface area contributed by atoms with E-state index in [1.165, 1.54) is 7.11 Å². The molecule has 5 heteroatoms. The summed E-state index contributed by atoms with van der Waals surface area (Å²) < 4.78 is 0. The minimum absolute atomic E-state index is 0. The summed E-state index contributed by atoms with van der Waals surface area (Å²) >= 11 is 0. The zero-order valence-corrected chi connectivity index (χ0v) is 6.92. The van der Waals surface area contributed by atoms with Crippen molar-refractivity contribution in [3.05, 3.63) is 0 Å². The predicted molar refractivity (Wildman–Crippen MR) is 30.4 cm³/mol. The Kier molecular flexibility index (Phi) is 9.40. The minimum atomic E-state index is -0.609. The number of carbonyl (C=O) groups is 1. The molecule has 0 saturated heterocycles. The van der Waals surface area contributed by atoms with Gasteiger partial charge in [0, 0.05) is 29.6 Å². The topological polar surface area (TPSA) is 64.7 Å². The average Bonchev–Trinajstić information content (AvgIpc) is 1.61. The molecule has 0 heterocycles. The Hall–Kier alpha value is -0.0600. The van der Waals surface area contributed by atoms with Crippen molar-refractivity contribution in [1.82, 2.24) is 0 Å². The molecule has 0 rings (SSSR count). The number of rotatable bonds is 2. The molecule has 0 aromatic rings. The molecule has 0 unspecified atom stereocenters. The monoisotopic (exact) mass is 125 g/mol. The molecule has 0 spiro atoms. The van der Waals surface area contributed by atoms with Crippen molar-refractivity contribution in [3.8, 4) is 0 Å². The molecule has 0 aliphatic carbocycles. The second-order valence-corrected chi connectivity index (χ2v) is 0.819. The van der Waals surface area contributed by atoms with Crippen molar-refractivity contribution in [3.63, 3.8) is 0 Å².